The Kier molecular flexibility index (Phi) is 5.10. The molecule has 4 aromatic heterocycles. The van der Waals surface area contributed by atoms with Crippen LogP contribution in [0.25, 0.3) is 49.8 Å². The molecule has 9 rings (SSSR count). The molecule has 6 nitrogen and oxygen atoms in total. The highest BCUT2D eigenvalue weighted by Crippen LogP contribution is 2.49. The molecule has 4 aromatic carbocycles. The SMILES string of the molecule is c1cc(-c2cccc3ccccc23)nc(N2c3ccccc3Oc3ccc(-n4c5ccccc5c5cccnc54)nc32)c1. The fourth-order valence-corrected chi connectivity index (χ4v) is 6.16. The highest BCUT2D eigenvalue weighted by molar-refractivity contribution is 6.07. The van der Waals surface area contributed by atoms with Gasteiger partial charge in [-0.25, -0.2) is 15.0 Å². The van der Waals surface area contributed by atoms with Crippen molar-refractivity contribution in [2.45, 2.75) is 0 Å². The molecule has 0 aliphatic carbocycles. The van der Waals surface area contributed by atoms with E-state index >= 15 is 0 Å². The summed E-state index contributed by atoms with van der Waals surface area (Å²) in [5.74, 6) is 3.59. The second kappa shape index (κ2) is 9.26. The van der Waals surface area contributed by atoms with Gasteiger partial charge in [0.05, 0.1) is 16.9 Å². The zero-order valence-electron chi connectivity index (χ0n) is 22.9. The summed E-state index contributed by atoms with van der Waals surface area (Å²) < 4.78 is 8.51. The number of rotatable bonds is 3. The first-order valence-corrected chi connectivity index (χ1v) is 14.2. The van der Waals surface area contributed by atoms with Gasteiger partial charge in [-0.15, -0.1) is 0 Å². The molecular formula is C37H23N5O. The Balaban J connectivity index is 1.26. The van der Waals surface area contributed by atoms with Crippen LogP contribution in [-0.2, 0) is 0 Å². The molecule has 5 heterocycles. The third-order valence-corrected chi connectivity index (χ3v) is 8.05. The van der Waals surface area contributed by atoms with E-state index in [1.54, 1.807) is 0 Å². The summed E-state index contributed by atoms with van der Waals surface area (Å²) in [6.45, 7) is 0. The molecule has 0 saturated carbocycles. The van der Waals surface area contributed by atoms with Gasteiger partial charge < -0.3 is 4.74 Å². The molecule has 202 valence electrons. The largest absolute Gasteiger partial charge is 0.451 e. The van der Waals surface area contributed by atoms with Crippen molar-refractivity contribution in [1.82, 2.24) is 19.5 Å². The molecule has 0 unspecified atom stereocenters. The molecule has 43 heavy (non-hydrogen) atoms. The van der Waals surface area contributed by atoms with Crippen molar-refractivity contribution < 1.29 is 4.74 Å². The van der Waals surface area contributed by atoms with Gasteiger partial charge in [0, 0.05) is 22.5 Å². The zero-order chi connectivity index (χ0) is 28.3. The Bertz CT molecular complexity index is 2300. The maximum Gasteiger partial charge on any atom is 0.184 e. The van der Waals surface area contributed by atoms with Crippen molar-refractivity contribution in [3.63, 3.8) is 0 Å². The van der Waals surface area contributed by atoms with Gasteiger partial charge in [0.15, 0.2) is 17.3 Å². The summed E-state index contributed by atoms with van der Waals surface area (Å²) in [5, 5.41) is 4.56. The van der Waals surface area contributed by atoms with E-state index in [0.29, 0.717) is 11.6 Å². The van der Waals surface area contributed by atoms with E-state index in [0.717, 1.165) is 61.7 Å². The van der Waals surface area contributed by atoms with Crippen molar-refractivity contribution in [2.24, 2.45) is 0 Å². The number of pyridine rings is 3. The van der Waals surface area contributed by atoms with Crippen LogP contribution < -0.4 is 9.64 Å². The average molecular weight is 554 g/mol. The number of nitrogens with zero attached hydrogens (tertiary/aromatic N) is 5. The summed E-state index contributed by atoms with van der Waals surface area (Å²) in [4.78, 5) is 17.3. The van der Waals surface area contributed by atoms with E-state index < -0.39 is 0 Å². The van der Waals surface area contributed by atoms with Gasteiger partial charge in [-0.1, -0.05) is 78.9 Å². The van der Waals surface area contributed by atoms with E-state index in [2.05, 4.69) is 88.3 Å². The molecule has 0 N–H and O–H groups in total. The zero-order valence-corrected chi connectivity index (χ0v) is 22.9. The van der Waals surface area contributed by atoms with Gasteiger partial charge in [-0.3, -0.25) is 9.47 Å². The van der Waals surface area contributed by atoms with E-state index in [1.165, 1.54) is 5.39 Å². The van der Waals surface area contributed by atoms with Crippen molar-refractivity contribution >= 4 is 50.0 Å². The predicted molar refractivity (Wildman–Crippen MR) is 172 cm³/mol. The minimum Gasteiger partial charge on any atom is -0.451 e. The molecule has 0 spiro atoms. The lowest BCUT2D eigenvalue weighted by Gasteiger charge is -2.31. The molecule has 6 heteroatoms. The summed E-state index contributed by atoms with van der Waals surface area (Å²) in [7, 11) is 0. The van der Waals surface area contributed by atoms with Crippen LogP contribution in [0, 0.1) is 0 Å². The Hall–Kier alpha value is -6.01. The highest BCUT2D eigenvalue weighted by Gasteiger charge is 2.29. The molecular weight excluding hydrogens is 530 g/mol. The molecule has 1 aliphatic rings. The molecule has 8 aromatic rings. The van der Waals surface area contributed by atoms with E-state index in [1.807, 2.05) is 60.8 Å². The number of aromatic nitrogens is 4. The van der Waals surface area contributed by atoms with E-state index in [4.69, 9.17) is 19.7 Å². The molecule has 0 bridgehead atoms. The normalized spacial score (nSPS) is 12.3. The molecule has 0 saturated heterocycles. The quantitative estimate of drug-likeness (QED) is 0.218. The minimum atomic E-state index is 0.661. The average Bonchev–Trinajstić information content (AvgIpc) is 3.41. The maximum absolute atomic E-state index is 6.39. The van der Waals surface area contributed by atoms with Crippen LogP contribution in [0.5, 0.6) is 11.5 Å². The number of anilines is 3. The second-order valence-electron chi connectivity index (χ2n) is 10.5. The predicted octanol–water partition coefficient (Wildman–Crippen LogP) is 9.36. The molecule has 0 fully saturated rings. The maximum atomic E-state index is 6.39. The van der Waals surface area contributed by atoms with Crippen LogP contribution in [0.3, 0.4) is 0 Å². The minimum absolute atomic E-state index is 0.661. The van der Waals surface area contributed by atoms with Crippen LogP contribution in [0.4, 0.5) is 17.3 Å². The second-order valence-corrected chi connectivity index (χ2v) is 10.5. The number of benzene rings is 4. The van der Waals surface area contributed by atoms with E-state index in [9.17, 15) is 0 Å². The Morgan fingerprint density at radius 3 is 2.30 bits per heavy atom. The van der Waals surface area contributed by atoms with Gasteiger partial charge >= 0.3 is 0 Å². The summed E-state index contributed by atoms with van der Waals surface area (Å²) >= 11 is 0. The van der Waals surface area contributed by atoms with Crippen molar-refractivity contribution in [3.05, 3.63) is 140 Å². The van der Waals surface area contributed by atoms with Gasteiger partial charge in [0.2, 0.25) is 0 Å². The summed E-state index contributed by atoms with van der Waals surface area (Å²) in [6.07, 6.45) is 1.82. The first-order valence-electron chi connectivity index (χ1n) is 14.2. The third-order valence-electron chi connectivity index (χ3n) is 8.05. The first-order chi connectivity index (χ1) is 21.3. The van der Waals surface area contributed by atoms with Gasteiger partial charge in [-0.05, 0) is 65.4 Å². The third kappa shape index (κ3) is 3.63. The molecule has 0 atom stereocenters. The van der Waals surface area contributed by atoms with Crippen molar-refractivity contribution in [3.8, 4) is 28.6 Å². The van der Waals surface area contributed by atoms with Gasteiger partial charge in [0.1, 0.15) is 17.3 Å². The molecule has 1 aliphatic heterocycles. The lowest BCUT2D eigenvalue weighted by Crippen LogP contribution is -2.19. The Morgan fingerprint density at radius 2 is 1.33 bits per heavy atom. The van der Waals surface area contributed by atoms with Crippen LogP contribution in [0.15, 0.2) is 140 Å². The van der Waals surface area contributed by atoms with Crippen LogP contribution >= 0.6 is 0 Å². The lowest BCUT2D eigenvalue weighted by atomic mass is 10.0. The first kappa shape index (κ1) is 23.7. The lowest BCUT2D eigenvalue weighted by molar-refractivity contribution is 0.473. The van der Waals surface area contributed by atoms with Gasteiger partial charge in [0.25, 0.3) is 0 Å². The Labute approximate surface area is 247 Å². The highest BCUT2D eigenvalue weighted by atomic mass is 16.5. The number of ether oxygens (including phenoxy) is 1. The molecule has 0 amide bonds. The monoisotopic (exact) mass is 553 g/mol. The fraction of sp³-hybridized carbons (Fsp3) is 0. The van der Waals surface area contributed by atoms with Crippen molar-refractivity contribution in [2.75, 3.05) is 4.90 Å². The van der Waals surface area contributed by atoms with Crippen LogP contribution in [-0.4, -0.2) is 19.5 Å². The van der Waals surface area contributed by atoms with Crippen LogP contribution in [0.2, 0.25) is 0 Å². The standard InChI is InChI=1S/C37H23N5O/c1-2-12-25-24(10-1)11-7-14-26(25)29-16-8-20-34(39-29)42-31-18-5-6-19-32(31)43-33-21-22-35(40-37(33)42)41-30-17-4-3-13-27(30)28-15-9-23-38-36(28)41/h1-23H. The van der Waals surface area contributed by atoms with Gasteiger partial charge in [-0.2, -0.15) is 0 Å². The number of hydrogen-bond acceptors (Lipinski definition) is 5. The number of para-hydroxylation sites is 3. The van der Waals surface area contributed by atoms with Crippen molar-refractivity contribution in [1.29, 1.82) is 0 Å². The topological polar surface area (TPSA) is 56.1 Å². The molecule has 0 radical (unpaired) electrons. The summed E-state index contributed by atoms with van der Waals surface area (Å²) in [5.41, 5.74) is 4.75. The van der Waals surface area contributed by atoms with Crippen LogP contribution in [0.1, 0.15) is 0 Å². The number of fused-ring (bicyclic) bond motifs is 6. The summed E-state index contributed by atoms with van der Waals surface area (Å²) in [6, 6.07) is 45.3. The fourth-order valence-electron chi connectivity index (χ4n) is 6.16. The van der Waals surface area contributed by atoms with E-state index in [-0.39, 0.29) is 0 Å². The Morgan fingerprint density at radius 1 is 0.535 bits per heavy atom. The number of hydrogen-bond donors (Lipinski definition) is 0. The smallest absolute Gasteiger partial charge is 0.184 e.